The molecule has 2 aromatic heterocycles. The topological polar surface area (TPSA) is 68.8 Å². The van der Waals surface area contributed by atoms with Gasteiger partial charge in [0.15, 0.2) is 5.82 Å². The van der Waals surface area contributed by atoms with Crippen LogP contribution in [0.2, 0.25) is 0 Å². The van der Waals surface area contributed by atoms with E-state index >= 15 is 0 Å². The van der Waals surface area contributed by atoms with E-state index in [9.17, 15) is 0 Å². The van der Waals surface area contributed by atoms with Gasteiger partial charge in [-0.15, -0.1) is 0 Å². The second kappa shape index (κ2) is 8.64. The van der Waals surface area contributed by atoms with Crippen LogP contribution >= 0.6 is 0 Å². The van der Waals surface area contributed by atoms with E-state index in [2.05, 4.69) is 70.3 Å². The molecule has 1 saturated carbocycles. The minimum Gasteiger partial charge on any atom is -0.385 e. The standard InChI is InChI=1S/C29H31N5/c1-2-3-8-26-33-27-28(24-6-4-5-7-25(24)32-29(27)30)34(26)23-14-12-20-11-13-22(17-21(20)18-23)31-16-15-19-9-10-19/h4-7,11-14,17-19,31H,2-3,8-10,15-16H2,1H3,(H2,30,32). The van der Waals surface area contributed by atoms with E-state index in [0.717, 1.165) is 65.2 Å². The molecule has 0 unspecified atom stereocenters. The summed E-state index contributed by atoms with van der Waals surface area (Å²) < 4.78 is 2.30. The maximum absolute atomic E-state index is 6.40. The van der Waals surface area contributed by atoms with E-state index in [1.807, 2.05) is 12.1 Å². The first-order valence-corrected chi connectivity index (χ1v) is 12.5. The number of hydrogen-bond donors (Lipinski definition) is 2. The number of aromatic nitrogens is 3. The maximum Gasteiger partial charge on any atom is 0.152 e. The second-order valence-electron chi connectivity index (χ2n) is 9.58. The van der Waals surface area contributed by atoms with Crippen LogP contribution in [-0.4, -0.2) is 21.1 Å². The average molecular weight is 450 g/mol. The molecular weight excluding hydrogens is 418 g/mol. The molecule has 2 heterocycles. The zero-order valence-corrected chi connectivity index (χ0v) is 19.7. The summed E-state index contributed by atoms with van der Waals surface area (Å²) in [5, 5.41) is 7.16. The lowest BCUT2D eigenvalue weighted by atomic mass is 10.1. The van der Waals surface area contributed by atoms with E-state index in [0.29, 0.717) is 5.82 Å². The highest BCUT2D eigenvalue weighted by molar-refractivity contribution is 6.07. The van der Waals surface area contributed by atoms with Gasteiger partial charge < -0.3 is 11.1 Å². The quantitative estimate of drug-likeness (QED) is 0.271. The number of nitrogens with one attached hydrogen (secondary N) is 1. The van der Waals surface area contributed by atoms with Crippen LogP contribution < -0.4 is 11.1 Å². The van der Waals surface area contributed by atoms with Crippen molar-refractivity contribution in [2.45, 2.75) is 45.4 Å². The number of unbranched alkanes of at least 4 members (excludes halogenated alkanes) is 1. The van der Waals surface area contributed by atoms with Gasteiger partial charge in [-0.2, -0.15) is 0 Å². The van der Waals surface area contributed by atoms with Gasteiger partial charge in [0.25, 0.3) is 0 Å². The Hall–Kier alpha value is -3.60. The monoisotopic (exact) mass is 449 g/mol. The number of nitrogen functional groups attached to an aromatic ring is 1. The smallest absolute Gasteiger partial charge is 0.152 e. The van der Waals surface area contributed by atoms with Gasteiger partial charge in [-0.05, 0) is 59.9 Å². The average Bonchev–Trinajstić information content (AvgIpc) is 3.60. The number of fused-ring (bicyclic) bond motifs is 4. The normalized spacial score (nSPS) is 13.8. The number of hydrogen-bond acceptors (Lipinski definition) is 4. The number of rotatable bonds is 8. The molecule has 0 atom stereocenters. The van der Waals surface area contributed by atoms with Gasteiger partial charge in [0.05, 0.1) is 11.0 Å². The third-order valence-corrected chi connectivity index (χ3v) is 7.00. The molecule has 3 N–H and O–H groups in total. The number of imidazole rings is 1. The van der Waals surface area contributed by atoms with Crippen molar-refractivity contribution >= 4 is 44.2 Å². The van der Waals surface area contributed by atoms with E-state index in [1.54, 1.807) is 0 Å². The van der Waals surface area contributed by atoms with Crippen LogP contribution in [0.3, 0.4) is 0 Å². The molecule has 3 aromatic carbocycles. The van der Waals surface area contributed by atoms with Crippen molar-refractivity contribution in [3.63, 3.8) is 0 Å². The lowest BCUT2D eigenvalue weighted by molar-refractivity contribution is 0.744. The molecule has 0 spiro atoms. The number of nitrogens with zero attached hydrogens (tertiary/aromatic N) is 3. The number of aryl methyl sites for hydroxylation is 1. The molecule has 1 fully saturated rings. The summed E-state index contributed by atoms with van der Waals surface area (Å²) in [6.45, 7) is 3.26. The van der Waals surface area contributed by atoms with E-state index in [-0.39, 0.29) is 0 Å². The van der Waals surface area contributed by atoms with Crippen LogP contribution in [0.25, 0.3) is 38.4 Å². The molecular formula is C29H31N5. The molecule has 0 amide bonds. The molecule has 0 bridgehead atoms. The van der Waals surface area contributed by atoms with Crippen molar-refractivity contribution < 1.29 is 0 Å². The molecule has 5 heteroatoms. The summed E-state index contributed by atoms with van der Waals surface area (Å²) in [6.07, 6.45) is 7.16. The van der Waals surface area contributed by atoms with Crippen molar-refractivity contribution in [1.82, 2.24) is 14.5 Å². The molecule has 0 aliphatic heterocycles. The van der Waals surface area contributed by atoms with Crippen molar-refractivity contribution in [2.75, 3.05) is 17.6 Å². The molecule has 34 heavy (non-hydrogen) atoms. The lowest BCUT2D eigenvalue weighted by Crippen LogP contribution is -2.03. The van der Waals surface area contributed by atoms with Crippen molar-refractivity contribution in [1.29, 1.82) is 0 Å². The Balaban J connectivity index is 1.50. The minimum absolute atomic E-state index is 0.494. The van der Waals surface area contributed by atoms with Gasteiger partial charge >= 0.3 is 0 Å². The molecule has 0 saturated heterocycles. The zero-order chi connectivity index (χ0) is 23.1. The Morgan fingerprint density at radius 1 is 1.00 bits per heavy atom. The highest BCUT2D eigenvalue weighted by Gasteiger charge is 2.20. The Kier molecular flexibility index (Phi) is 5.33. The Labute approximate surface area is 200 Å². The summed E-state index contributed by atoms with van der Waals surface area (Å²) in [4.78, 5) is 9.63. The minimum atomic E-state index is 0.494. The molecule has 6 rings (SSSR count). The van der Waals surface area contributed by atoms with Gasteiger partial charge in [-0.25, -0.2) is 9.97 Å². The fourth-order valence-electron chi connectivity index (χ4n) is 4.94. The Bertz CT molecular complexity index is 1500. The summed E-state index contributed by atoms with van der Waals surface area (Å²) in [5.41, 5.74) is 11.4. The fourth-order valence-corrected chi connectivity index (χ4v) is 4.94. The second-order valence-corrected chi connectivity index (χ2v) is 9.58. The fraction of sp³-hybridized carbons (Fsp3) is 0.310. The van der Waals surface area contributed by atoms with Crippen molar-refractivity contribution in [2.24, 2.45) is 5.92 Å². The summed E-state index contributed by atoms with van der Waals surface area (Å²) in [5.74, 6) is 2.47. The Morgan fingerprint density at radius 2 is 1.85 bits per heavy atom. The third kappa shape index (κ3) is 3.85. The number of benzene rings is 3. The summed E-state index contributed by atoms with van der Waals surface area (Å²) in [6, 6.07) is 21.6. The zero-order valence-electron chi connectivity index (χ0n) is 19.7. The third-order valence-electron chi connectivity index (χ3n) is 7.00. The first-order chi connectivity index (χ1) is 16.7. The van der Waals surface area contributed by atoms with Gasteiger partial charge in [-0.3, -0.25) is 4.57 Å². The molecule has 1 aliphatic carbocycles. The molecule has 5 nitrogen and oxygen atoms in total. The molecule has 172 valence electrons. The summed E-state index contributed by atoms with van der Waals surface area (Å²) in [7, 11) is 0. The predicted octanol–water partition coefficient (Wildman–Crippen LogP) is 6.86. The SMILES string of the molecule is CCCCc1nc2c(N)nc3ccccc3c2n1-c1ccc2ccc(NCCC3CC3)cc2c1. The van der Waals surface area contributed by atoms with Gasteiger partial charge in [-0.1, -0.05) is 56.5 Å². The van der Waals surface area contributed by atoms with E-state index < -0.39 is 0 Å². The highest BCUT2D eigenvalue weighted by Crippen LogP contribution is 2.34. The largest absolute Gasteiger partial charge is 0.385 e. The first kappa shape index (κ1) is 21.0. The number of para-hydroxylation sites is 1. The number of nitrogens with two attached hydrogens (primary N) is 1. The van der Waals surface area contributed by atoms with Gasteiger partial charge in [0.2, 0.25) is 0 Å². The molecule has 1 aliphatic rings. The summed E-state index contributed by atoms with van der Waals surface area (Å²) >= 11 is 0. The van der Waals surface area contributed by atoms with Crippen molar-refractivity contribution in [3.05, 3.63) is 66.5 Å². The predicted molar refractivity (Wildman–Crippen MR) is 143 cm³/mol. The van der Waals surface area contributed by atoms with Crippen molar-refractivity contribution in [3.8, 4) is 5.69 Å². The van der Waals surface area contributed by atoms with E-state index in [4.69, 9.17) is 10.7 Å². The highest BCUT2D eigenvalue weighted by atomic mass is 15.1. The number of pyridine rings is 1. The van der Waals surface area contributed by atoms with Crippen LogP contribution in [-0.2, 0) is 6.42 Å². The van der Waals surface area contributed by atoms with Crippen LogP contribution in [0, 0.1) is 5.92 Å². The van der Waals surface area contributed by atoms with Gasteiger partial charge in [0.1, 0.15) is 11.3 Å². The first-order valence-electron chi connectivity index (χ1n) is 12.5. The maximum atomic E-state index is 6.40. The number of anilines is 2. The van der Waals surface area contributed by atoms with Crippen LogP contribution in [0.5, 0.6) is 0 Å². The Morgan fingerprint density at radius 3 is 2.71 bits per heavy atom. The van der Waals surface area contributed by atoms with Gasteiger partial charge in [0, 0.05) is 29.7 Å². The van der Waals surface area contributed by atoms with E-state index in [1.165, 1.54) is 35.7 Å². The van der Waals surface area contributed by atoms with Crippen LogP contribution in [0.15, 0.2) is 60.7 Å². The van der Waals surface area contributed by atoms with Crippen LogP contribution in [0.1, 0.15) is 44.9 Å². The molecule has 5 aromatic rings. The molecule has 0 radical (unpaired) electrons. The van der Waals surface area contributed by atoms with Crippen LogP contribution in [0.4, 0.5) is 11.5 Å². The lowest BCUT2D eigenvalue weighted by Gasteiger charge is -2.13.